The van der Waals surface area contributed by atoms with Crippen molar-refractivity contribution in [2.24, 2.45) is 0 Å². The van der Waals surface area contributed by atoms with Crippen LogP contribution < -0.4 is 10.6 Å². The number of benzene rings is 1. The smallest absolute Gasteiger partial charge is 0.225 e. The normalized spacial score (nSPS) is 15.1. The topological polar surface area (TPSA) is 91.3 Å². The van der Waals surface area contributed by atoms with Crippen LogP contribution in [-0.4, -0.2) is 48.1 Å². The number of fused-ring (bicyclic) bond motifs is 3. The fraction of sp³-hybridized carbons (Fsp3) is 0.553. The Bertz CT molecular complexity index is 1650. The first kappa shape index (κ1) is 36.5. The number of nitriles is 1. The van der Waals surface area contributed by atoms with Gasteiger partial charge in [0.1, 0.15) is 16.9 Å². The van der Waals surface area contributed by atoms with Gasteiger partial charge in [-0.05, 0) is 100 Å². The number of aryl methyl sites for hydroxylation is 1. The van der Waals surface area contributed by atoms with E-state index in [9.17, 15) is 5.26 Å². The second kappa shape index (κ2) is 17.2. The van der Waals surface area contributed by atoms with Gasteiger partial charge in [-0.3, -0.25) is 0 Å². The second-order valence-electron chi connectivity index (χ2n) is 12.6. The summed E-state index contributed by atoms with van der Waals surface area (Å²) in [5.74, 6) is 0.375. The molecule has 0 bridgehead atoms. The Labute approximate surface area is 285 Å². The van der Waals surface area contributed by atoms with Gasteiger partial charge in [-0.1, -0.05) is 52.2 Å². The van der Waals surface area contributed by atoms with Crippen LogP contribution in [0.15, 0.2) is 17.8 Å². The SMILES string of the molecule is C/C=C(/F)c1sc(N)c(C#N)c1/C(=C(\C)CC)c1c2c(c3cnc(N4CCCC4)nc3c1CC)COC2.CCCCCN(C)CCC. The number of aromatic nitrogens is 2. The summed E-state index contributed by atoms with van der Waals surface area (Å²) >= 11 is 1.13. The summed E-state index contributed by atoms with van der Waals surface area (Å²) in [4.78, 5) is 14.9. The van der Waals surface area contributed by atoms with E-state index in [1.54, 1.807) is 6.92 Å². The number of nitrogens with two attached hydrogens (primary N) is 1. The molecule has 5 rings (SSSR count). The Balaban J connectivity index is 0.000000434. The molecule has 0 amide bonds. The molecule has 4 heterocycles. The lowest BCUT2D eigenvalue weighted by Gasteiger charge is -2.23. The number of allylic oxidation sites excluding steroid dienone is 2. The highest BCUT2D eigenvalue weighted by atomic mass is 32.1. The van der Waals surface area contributed by atoms with Crippen LogP contribution in [0.25, 0.3) is 22.3 Å². The van der Waals surface area contributed by atoms with Crippen LogP contribution in [0.1, 0.15) is 125 Å². The third-order valence-corrected chi connectivity index (χ3v) is 10.3. The van der Waals surface area contributed by atoms with Crippen molar-refractivity contribution in [3.8, 4) is 6.07 Å². The number of rotatable bonds is 12. The summed E-state index contributed by atoms with van der Waals surface area (Å²) in [6.45, 7) is 17.8. The summed E-state index contributed by atoms with van der Waals surface area (Å²) in [5.41, 5.74) is 14.3. The van der Waals surface area contributed by atoms with Crippen LogP contribution in [0, 0.1) is 11.3 Å². The minimum atomic E-state index is -0.375. The van der Waals surface area contributed by atoms with Gasteiger partial charge in [0, 0.05) is 30.2 Å². The lowest BCUT2D eigenvalue weighted by molar-refractivity contribution is 0.135. The number of hydrogen-bond donors (Lipinski definition) is 1. The van der Waals surface area contributed by atoms with E-state index in [4.69, 9.17) is 20.4 Å². The summed E-state index contributed by atoms with van der Waals surface area (Å²) in [6.07, 6.45) is 12.5. The predicted molar refractivity (Wildman–Crippen MR) is 196 cm³/mol. The van der Waals surface area contributed by atoms with Gasteiger partial charge < -0.3 is 20.3 Å². The minimum absolute atomic E-state index is 0.329. The monoisotopic (exact) mass is 660 g/mol. The van der Waals surface area contributed by atoms with Crippen LogP contribution in [0.2, 0.25) is 0 Å². The van der Waals surface area contributed by atoms with Crippen LogP contribution in [0.5, 0.6) is 0 Å². The van der Waals surface area contributed by atoms with E-state index in [0.717, 1.165) is 100 Å². The minimum Gasteiger partial charge on any atom is -0.389 e. The zero-order valence-corrected chi connectivity index (χ0v) is 30.4. The van der Waals surface area contributed by atoms with Crippen molar-refractivity contribution < 1.29 is 9.13 Å². The van der Waals surface area contributed by atoms with Crippen molar-refractivity contribution in [3.05, 3.63) is 56.1 Å². The number of unbranched alkanes of at least 4 members (excludes halogenated alkanes) is 2. The summed E-state index contributed by atoms with van der Waals surface area (Å²) in [5, 5.41) is 11.5. The molecule has 2 aliphatic rings. The third kappa shape index (κ3) is 7.88. The lowest BCUT2D eigenvalue weighted by atomic mass is 9.81. The van der Waals surface area contributed by atoms with Crippen LogP contribution in [0.3, 0.4) is 0 Å². The number of thiophene rings is 1. The van der Waals surface area contributed by atoms with Crippen molar-refractivity contribution in [2.45, 2.75) is 106 Å². The Kier molecular flexibility index (Phi) is 13.4. The van der Waals surface area contributed by atoms with Gasteiger partial charge in [-0.15, -0.1) is 11.3 Å². The summed E-state index contributed by atoms with van der Waals surface area (Å²) in [7, 11) is 2.21. The highest BCUT2D eigenvalue weighted by Gasteiger charge is 2.32. The molecule has 1 fully saturated rings. The van der Waals surface area contributed by atoms with E-state index in [1.165, 1.54) is 44.8 Å². The molecule has 0 saturated carbocycles. The molecule has 0 radical (unpaired) electrons. The van der Waals surface area contributed by atoms with Crippen molar-refractivity contribution >= 4 is 44.6 Å². The maximum absolute atomic E-state index is 15.3. The van der Waals surface area contributed by atoms with Crippen molar-refractivity contribution in [1.29, 1.82) is 5.26 Å². The standard InChI is InChI=1S/C29H32FN5OS.C9H21N/c1-5-16(4)23(25-18(12-31)28(32)37-27(25)22(30)7-3)24-17(6-2)26-19(20-14-36-15-21(20)24)13-33-29(34-26)35-10-8-9-11-35;1-4-6-7-9-10(3)8-5-2/h7,13H,5-6,8-11,14-15,32H2,1-4H3;4-9H2,1-3H3/b22-7+,23-16+;. The molecule has 7 nitrogen and oxygen atoms in total. The van der Waals surface area contributed by atoms with Crippen LogP contribution in [-0.2, 0) is 24.4 Å². The molecule has 254 valence electrons. The summed E-state index contributed by atoms with van der Waals surface area (Å²) < 4.78 is 21.3. The highest BCUT2D eigenvalue weighted by molar-refractivity contribution is 7.17. The molecular formula is C38H53FN6OS. The molecule has 0 aliphatic carbocycles. The highest BCUT2D eigenvalue weighted by Crippen LogP contribution is 2.48. The van der Waals surface area contributed by atoms with Crippen molar-refractivity contribution in [3.63, 3.8) is 0 Å². The number of anilines is 2. The molecule has 1 saturated heterocycles. The first-order chi connectivity index (χ1) is 22.8. The Morgan fingerprint density at radius 1 is 1.11 bits per heavy atom. The van der Waals surface area contributed by atoms with Gasteiger partial charge in [0.05, 0.1) is 29.2 Å². The van der Waals surface area contributed by atoms with E-state index >= 15 is 4.39 Å². The molecule has 2 aromatic heterocycles. The van der Waals surface area contributed by atoms with Gasteiger partial charge in [0.25, 0.3) is 0 Å². The second-order valence-corrected chi connectivity index (χ2v) is 13.6. The number of nitrogen functional groups attached to an aromatic ring is 1. The number of nitrogens with zero attached hydrogens (tertiary/aromatic N) is 5. The molecule has 3 aromatic rings. The Morgan fingerprint density at radius 3 is 2.45 bits per heavy atom. The van der Waals surface area contributed by atoms with Gasteiger partial charge in [0.2, 0.25) is 5.95 Å². The maximum atomic E-state index is 15.3. The molecule has 2 aliphatic heterocycles. The molecule has 1 aromatic carbocycles. The molecule has 0 atom stereocenters. The summed E-state index contributed by atoms with van der Waals surface area (Å²) in [6, 6.07) is 2.27. The predicted octanol–water partition coefficient (Wildman–Crippen LogP) is 9.42. The number of hydrogen-bond acceptors (Lipinski definition) is 8. The van der Waals surface area contributed by atoms with Gasteiger partial charge in [-0.2, -0.15) is 5.26 Å². The van der Waals surface area contributed by atoms with Gasteiger partial charge in [-0.25, -0.2) is 14.4 Å². The molecule has 47 heavy (non-hydrogen) atoms. The molecule has 0 spiro atoms. The fourth-order valence-electron chi connectivity index (χ4n) is 6.68. The number of halogens is 1. The molecular weight excluding hydrogens is 608 g/mol. The first-order valence-electron chi connectivity index (χ1n) is 17.4. The van der Waals surface area contributed by atoms with Crippen molar-refractivity contribution in [1.82, 2.24) is 14.9 Å². The lowest BCUT2D eigenvalue weighted by Crippen LogP contribution is -2.20. The van der Waals surface area contributed by atoms with Crippen LogP contribution >= 0.6 is 11.3 Å². The largest absolute Gasteiger partial charge is 0.389 e. The Morgan fingerprint density at radius 2 is 1.83 bits per heavy atom. The molecule has 0 unspecified atom stereocenters. The Hall–Kier alpha value is -3.32. The quantitative estimate of drug-likeness (QED) is 0.194. The maximum Gasteiger partial charge on any atom is 0.225 e. The third-order valence-electron chi connectivity index (χ3n) is 9.31. The van der Waals surface area contributed by atoms with E-state index in [-0.39, 0.29) is 5.83 Å². The molecule has 9 heteroatoms. The molecule has 2 N–H and O–H groups in total. The van der Waals surface area contributed by atoms with E-state index in [2.05, 4.69) is 57.5 Å². The average Bonchev–Trinajstić information content (AvgIpc) is 3.86. The number of ether oxygens (including phenoxy) is 1. The zero-order valence-electron chi connectivity index (χ0n) is 29.6. The average molecular weight is 661 g/mol. The van der Waals surface area contributed by atoms with E-state index in [1.807, 2.05) is 6.20 Å². The van der Waals surface area contributed by atoms with Gasteiger partial charge in [0.15, 0.2) is 0 Å². The fourth-order valence-corrected chi connectivity index (χ4v) is 7.67. The zero-order chi connectivity index (χ0) is 34.1. The van der Waals surface area contributed by atoms with Crippen LogP contribution in [0.4, 0.5) is 15.3 Å². The van der Waals surface area contributed by atoms with Crippen molar-refractivity contribution in [2.75, 3.05) is 43.9 Å². The first-order valence-corrected chi connectivity index (χ1v) is 18.3. The van der Waals surface area contributed by atoms with Gasteiger partial charge >= 0.3 is 0 Å². The van der Waals surface area contributed by atoms with E-state index < -0.39 is 0 Å². The van der Waals surface area contributed by atoms with E-state index in [0.29, 0.717) is 34.2 Å².